The van der Waals surface area contributed by atoms with Gasteiger partial charge in [-0.15, -0.1) is 0 Å². The van der Waals surface area contributed by atoms with Crippen molar-refractivity contribution < 1.29 is 4.79 Å². The van der Waals surface area contributed by atoms with Gasteiger partial charge in [-0.2, -0.15) is 0 Å². The summed E-state index contributed by atoms with van der Waals surface area (Å²) in [5.41, 5.74) is 0. The third kappa shape index (κ3) is 8.55. The summed E-state index contributed by atoms with van der Waals surface area (Å²) < 4.78 is 0. The van der Waals surface area contributed by atoms with Crippen LogP contribution in [-0.2, 0) is 4.79 Å². The first-order valence-electron chi connectivity index (χ1n) is 4.74. The maximum atomic E-state index is 10.9. The van der Waals surface area contributed by atoms with E-state index in [1.165, 1.54) is 6.08 Å². The van der Waals surface area contributed by atoms with E-state index in [0.29, 0.717) is 0 Å². The van der Waals surface area contributed by atoms with Crippen molar-refractivity contribution in [1.29, 1.82) is 0 Å². The van der Waals surface area contributed by atoms with Crippen molar-refractivity contribution in [2.24, 2.45) is 0 Å². The Kier molecular flexibility index (Phi) is 8.48. The maximum absolute atomic E-state index is 10.9. The highest BCUT2D eigenvalue weighted by Crippen LogP contribution is 1.89. The van der Waals surface area contributed by atoms with Crippen LogP contribution in [0.3, 0.4) is 0 Å². The Morgan fingerprint density at radius 3 is 2.64 bits per heavy atom. The zero-order valence-electron chi connectivity index (χ0n) is 8.79. The Labute approximate surface area is 86.2 Å². The largest absolute Gasteiger partial charge is 0.280 e. The molecule has 0 fully saturated rings. The smallest absolute Gasteiger partial charge is 0.228 e. The average molecular weight is 188 g/mol. The predicted octanol–water partition coefficient (Wildman–Crippen LogP) is 3.05. The number of unbranched alkanes of at least 4 members (excludes halogenated alkanes) is 1. The summed E-state index contributed by atoms with van der Waals surface area (Å²) in [6.07, 6.45) is 12.8. The minimum atomic E-state index is -0.120. The van der Waals surface area contributed by atoms with Gasteiger partial charge < -0.3 is 0 Å². The lowest BCUT2D eigenvalue weighted by atomic mass is 10.2. The van der Waals surface area contributed by atoms with Gasteiger partial charge in [0.1, 0.15) is 0 Å². The van der Waals surface area contributed by atoms with Crippen molar-refractivity contribution in [1.82, 2.24) is 0 Å². The van der Waals surface area contributed by atoms with Crippen LogP contribution in [0.25, 0.3) is 0 Å². The van der Waals surface area contributed by atoms with Gasteiger partial charge >= 0.3 is 0 Å². The van der Waals surface area contributed by atoms with Crippen LogP contribution >= 0.6 is 0 Å². The van der Waals surface area contributed by atoms with E-state index in [1.807, 2.05) is 31.2 Å². The van der Waals surface area contributed by atoms with Gasteiger partial charge in [-0.3, -0.25) is 4.79 Å². The fourth-order valence-electron chi connectivity index (χ4n) is 0.784. The molecule has 1 heteroatoms. The van der Waals surface area contributed by atoms with E-state index in [-0.39, 0.29) is 5.78 Å². The Bertz CT molecular complexity index is 295. The zero-order valence-corrected chi connectivity index (χ0v) is 8.79. The summed E-state index contributed by atoms with van der Waals surface area (Å²) in [6, 6.07) is 0. The highest BCUT2D eigenvalue weighted by atomic mass is 16.1. The third-order valence-electron chi connectivity index (χ3n) is 1.41. The van der Waals surface area contributed by atoms with E-state index in [0.717, 1.165) is 12.8 Å². The van der Waals surface area contributed by atoms with Crippen molar-refractivity contribution in [3.05, 3.63) is 36.5 Å². The lowest BCUT2D eigenvalue weighted by Crippen LogP contribution is -1.84. The van der Waals surface area contributed by atoms with Gasteiger partial charge in [-0.05, 0) is 32.3 Å². The number of hydrogen-bond acceptors (Lipinski definition) is 1. The van der Waals surface area contributed by atoms with Crippen LogP contribution in [0.15, 0.2) is 36.5 Å². The van der Waals surface area contributed by atoms with E-state index in [1.54, 1.807) is 13.0 Å². The molecule has 74 valence electrons. The van der Waals surface area contributed by atoms with Crippen LogP contribution in [0.4, 0.5) is 0 Å². The molecule has 0 saturated carbocycles. The predicted molar refractivity (Wildman–Crippen MR) is 60.8 cm³/mol. The number of carbonyl (C=O) groups is 1. The van der Waals surface area contributed by atoms with Gasteiger partial charge in [0.2, 0.25) is 5.78 Å². The number of rotatable bonds is 4. The Hall–Kier alpha value is -1.55. The van der Waals surface area contributed by atoms with Gasteiger partial charge in [0.05, 0.1) is 0 Å². The monoisotopic (exact) mass is 188 g/mol. The third-order valence-corrected chi connectivity index (χ3v) is 1.41. The van der Waals surface area contributed by atoms with Gasteiger partial charge in [-0.25, -0.2) is 0 Å². The molecule has 0 unspecified atom stereocenters. The Morgan fingerprint density at radius 2 is 2.00 bits per heavy atom. The average Bonchev–Trinajstić information content (AvgIpc) is 2.17. The SMILES string of the molecule is C/C=C/C=C/CCC#CC(=O)/C=C/C. The molecule has 1 nitrogen and oxygen atoms in total. The lowest BCUT2D eigenvalue weighted by Gasteiger charge is -1.81. The van der Waals surface area contributed by atoms with Crippen molar-refractivity contribution in [2.75, 3.05) is 0 Å². The molecule has 0 saturated heterocycles. The van der Waals surface area contributed by atoms with Crippen LogP contribution < -0.4 is 0 Å². The van der Waals surface area contributed by atoms with Crippen LogP contribution in [0.5, 0.6) is 0 Å². The van der Waals surface area contributed by atoms with Crippen molar-refractivity contribution in [3.8, 4) is 11.8 Å². The molecule has 0 N–H and O–H groups in total. The second-order valence-corrected chi connectivity index (χ2v) is 2.66. The quantitative estimate of drug-likeness (QED) is 0.218. The summed E-state index contributed by atoms with van der Waals surface area (Å²) >= 11 is 0. The second-order valence-electron chi connectivity index (χ2n) is 2.66. The first-order valence-corrected chi connectivity index (χ1v) is 4.74. The molecular weight excluding hydrogens is 172 g/mol. The molecule has 0 aromatic carbocycles. The van der Waals surface area contributed by atoms with Gasteiger partial charge in [0.25, 0.3) is 0 Å². The van der Waals surface area contributed by atoms with Crippen molar-refractivity contribution >= 4 is 5.78 Å². The molecule has 0 radical (unpaired) electrons. The first kappa shape index (κ1) is 12.4. The summed E-state index contributed by atoms with van der Waals surface area (Å²) in [4.78, 5) is 10.9. The Balaban J connectivity index is 3.67. The van der Waals surface area contributed by atoms with Gasteiger partial charge in [0, 0.05) is 6.42 Å². The molecule has 0 aliphatic rings. The molecule has 0 aliphatic heterocycles. The van der Waals surface area contributed by atoms with Crippen molar-refractivity contribution in [3.63, 3.8) is 0 Å². The molecule has 0 rings (SSSR count). The number of allylic oxidation sites excluding steroid dienone is 6. The van der Waals surface area contributed by atoms with E-state index < -0.39 is 0 Å². The molecule has 0 atom stereocenters. The van der Waals surface area contributed by atoms with Crippen LogP contribution in [0.2, 0.25) is 0 Å². The standard InChI is InChI=1S/C13H16O/c1-3-5-6-7-8-9-10-12-13(14)11-4-2/h3-7,11H,8-9H2,1-2H3/b5-3+,7-6+,11-4+. The summed E-state index contributed by atoms with van der Waals surface area (Å²) in [5.74, 6) is 5.25. The van der Waals surface area contributed by atoms with E-state index >= 15 is 0 Å². The van der Waals surface area contributed by atoms with Crippen LogP contribution in [0, 0.1) is 11.8 Å². The van der Waals surface area contributed by atoms with E-state index in [2.05, 4.69) is 11.8 Å². The minimum absolute atomic E-state index is 0.120. The molecule has 0 aromatic heterocycles. The fourth-order valence-corrected chi connectivity index (χ4v) is 0.784. The van der Waals surface area contributed by atoms with Crippen LogP contribution in [-0.4, -0.2) is 5.78 Å². The molecule has 0 spiro atoms. The summed E-state index contributed by atoms with van der Waals surface area (Å²) in [7, 11) is 0. The topological polar surface area (TPSA) is 17.1 Å². The lowest BCUT2D eigenvalue weighted by molar-refractivity contribution is -0.109. The molecule has 0 aromatic rings. The summed E-state index contributed by atoms with van der Waals surface area (Å²) in [5, 5.41) is 0. The molecule has 0 heterocycles. The molecule has 0 bridgehead atoms. The fraction of sp³-hybridized carbons (Fsp3) is 0.308. The Morgan fingerprint density at radius 1 is 1.21 bits per heavy atom. The molecular formula is C13H16O. The molecule has 0 amide bonds. The number of hydrogen-bond donors (Lipinski definition) is 0. The van der Waals surface area contributed by atoms with Crippen LogP contribution in [0.1, 0.15) is 26.7 Å². The normalized spacial score (nSPS) is 11.0. The minimum Gasteiger partial charge on any atom is -0.280 e. The van der Waals surface area contributed by atoms with E-state index in [4.69, 9.17) is 0 Å². The van der Waals surface area contributed by atoms with E-state index in [9.17, 15) is 4.79 Å². The highest BCUT2D eigenvalue weighted by Gasteiger charge is 1.83. The number of ketones is 1. The second kappa shape index (κ2) is 9.54. The molecule has 0 aliphatic carbocycles. The maximum Gasteiger partial charge on any atom is 0.228 e. The van der Waals surface area contributed by atoms with Gasteiger partial charge in [-0.1, -0.05) is 36.3 Å². The molecule has 14 heavy (non-hydrogen) atoms. The highest BCUT2D eigenvalue weighted by molar-refractivity contribution is 6.04. The first-order chi connectivity index (χ1) is 6.81. The number of carbonyl (C=O) groups excluding carboxylic acids is 1. The summed E-state index contributed by atoms with van der Waals surface area (Å²) in [6.45, 7) is 3.78. The van der Waals surface area contributed by atoms with Crippen molar-refractivity contribution in [2.45, 2.75) is 26.7 Å². The zero-order chi connectivity index (χ0) is 10.6. The van der Waals surface area contributed by atoms with Gasteiger partial charge in [0.15, 0.2) is 0 Å².